The number of para-hydroxylation sites is 1. The number of amides is 1. The molecule has 1 heterocycles. The molecule has 15 heavy (non-hydrogen) atoms. The molecule has 0 saturated heterocycles. The molecule has 78 valence electrons. The van der Waals surface area contributed by atoms with Crippen LogP contribution in [0.15, 0.2) is 18.2 Å². The molecule has 2 rings (SSSR count). The number of anilines is 1. The number of esters is 1. The van der Waals surface area contributed by atoms with Gasteiger partial charge in [0.1, 0.15) is 0 Å². The Bertz CT molecular complexity index is 441. The van der Waals surface area contributed by atoms with Crippen LogP contribution in [0.3, 0.4) is 0 Å². The summed E-state index contributed by atoms with van der Waals surface area (Å²) in [6.07, 6.45) is -1.20. The number of carbonyl (C=O) groups is 2. The third kappa shape index (κ3) is 1.37. The second-order valence-corrected chi connectivity index (χ2v) is 3.15. The summed E-state index contributed by atoms with van der Waals surface area (Å²) in [6.45, 7) is 0. The molecule has 0 bridgehead atoms. The van der Waals surface area contributed by atoms with Crippen LogP contribution < -0.4 is 5.32 Å². The summed E-state index contributed by atoms with van der Waals surface area (Å²) >= 11 is 0. The van der Waals surface area contributed by atoms with Gasteiger partial charge in [-0.15, -0.1) is 0 Å². The third-order valence-electron chi connectivity index (χ3n) is 2.29. The minimum absolute atomic E-state index is 0.250. The third-order valence-corrected chi connectivity index (χ3v) is 2.29. The van der Waals surface area contributed by atoms with Crippen LogP contribution in [0.2, 0.25) is 0 Å². The van der Waals surface area contributed by atoms with Crippen LogP contribution in [0, 0.1) is 0 Å². The van der Waals surface area contributed by atoms with Gasteiger partial charge in [-0.25, -0.2) is 4.79 Å². The monoisotopic (exact) mass is 207 g/mol. The van der Waals surface area contributed by atoms with Gasteiger partial charge < -0.3 is 15.2 Å². The molecule has 2 N–H and O–H groups in total. The Kier molecular flexibility index (Phi) is 2.17. The second kappa shape index (κ2) is 3.36. The molecule has 1 aliphatic heterocycles. The fourth-order valence-electron chi connectivity index (χ4n) is 1.55. The number of aliphatic hydroxyl groups excluding tert-OH is 1. The molecule has 0 spiro atoms. The van der Waals surface area contributed by atoms with Gasteiger partial charge in [-0.05, 0) is 6.07 Å². The number of aliphatic hydroxyl groups is 1. The van der Waals surface area contributed by atoms with Crippen molar-refractivity contribution in [2.75, 3.05) is 12.4 Å². The smallest absolute Gasteiger partial charge is 0.339 e. The van der Waals surface area contributed by atoms with Crippen LogP contribution in [-0.4, -0.2) is 24.1 Å². The average molecular weight is 207 g/mol. The highest BCUT2D eigenvalue weighted by Crippen LogP contribution is 2.33. The average Bonchev–Trinajstić information content (AvgIpc) is 2.54. The minimum Gasteiger partial charge on any atom is -0.465 e. The number of nitrogens with one attached hydrogen (secondary N) is 1. The van der Waals surface area contributed by atoms with E-state index < -0.39 is 18.0 Å². The number of methoxy groups -OCH3 is 1. The van der Waals surface area contributed by atoms with E-state index in [9.17, 15) is 14.7 Å². The van der Waals surface area contributed by atoms with Crippen molar-refractivity contribution >= 4 is 17.6 Å². The maximum Gasteiger partial charge on any atom is 0.339 e. The van der Waals surface area contributed by atoms with Crippen LogP contribution >= 0.6 is 0 Å². The van der Waals surface area contributed by atoms with E-state index in [1.807, 2.05) is 0 Å². The summed E-state index contributed by atoms with van der Waals surface area (Å²) in [5.74, 6) is -1.07. The molecule has 1 aromatic rings. The summed E-state index contributed by atoms with van der Waals surface area (Å²) in [5, 5.41) is 11.9. The Morgan fingerprint density at radius 1 is 1.53 bits per heavy atom. The molecular formula is C10H9NO4. The first-order chi connectivity index (χ1) is 7.15. The van der Waals surface area contributed by atoms with Crippen molar-refractivity contribution in [1.82, 2.24) is 0 Å². The van der Waals surface area contributed by atoms with E-state index in [-0.39, 0.29) is 5.56 Å². The largest absolute Gasteiger partial charge is 0.465 e. The molecular weight excluding hydrogens is 198 g/mol. The van der Waals surface area contributed by atoms with Gasteiger partial charge in [-0.2, -0.15) is 0 Å². The van der Waals surface area contributed by atoms with E-state index in [0.717, 1.165) is 0 Å². The van der Waals surface area contributed by atoms with Gasteiger partial charge >= 0.3 is 5.97 Å². The highest BCUT2D eigenvalue weighted by atomic mass is 16.5. The normalized spacial score (nSPS) is 18.3. The predicted octanol–water partition coefficient (Wildman–Crippen LogP) is 0.459. The Labute approximate surface area is 85.7 Å². The van der Waals surface area contributed by atoms with Crippen LogP contribution in [0.25, 0.3) is 0 Å². The SMILES string of the molecule is COC(=O)c1cccc2c1NC(=O)[C@H]2O. The van der Waals surface area contributed by atoms with E-state index in [1.54, 1.807) is 12.1 Å². The van der Waals surface area contributed by atoms with Crippen molar-refractivity contribution in [3.8, 4) is 0 Å². The molecule has 0 aromatic heterocycles. The van der Waals surface area contributed by atoms with Crippen molar-refractivity contribution in [3.05, 3.63) is 29.3 Å². The van der Waals surface area contributed by atoms with Gasteiger partial charge in [0.05, 0.1) is 18.4 Å². The van der Waals surface area contributed by atoms with Crippen molar-refractivity contribution in [1.29, 1.82) is 0 Å². The van der Waals surface area contributed by atoms with Crippen molar-refractivity contribution in [2.24, 2.45) is 0 Å². The maximum absolute atomic E-state index is 11.3. The van der Waals surface area contributed by atoms with Crippen LogP contribution in [0.1, 0.15) is 22.0 Å². The number of hydrogen-bond acceptors (Lipinski definition) is 4. The zero-order valence-corrected chi connectivity index (χ0v) is 7.98. The maximum atomic E-state index is 11.3. The summed E-state index contributed by atoms with van der Waals surface area (Å²) in [6, 6.07) is 4.71. The molecule has 1 aliphatic rings. The Balaban J connectivity index is 2.54. The van der Waals surface area contributed by atoms with E-state index in [1.165, 1.54) is 13.2 Å². The van der Waals surface area contributed by atoms with E-state index in [4.69, 9.17) is 0 Å². The topological polar surface area (TPSA) is 75.6 Å². The van der Waals surface area contributed by atoms with Crippen LogP contribution in [0.4, 0.5) is 5.69 Å². The molecule has 1 atom stereocenters. The number of rotatable bonds is 1. The van der Waals surface area contributed by atoms with Gasteiger partial charge in [0.25, 0.3) is 5.91 Å². The number of benzene rings is 1. The molecule has 5 heteroatoms. The second-order valence-electron chi connectivity index (χ2n) is 3.15. The van der Waals surface area contributed by atoms with Gasteiger partial charge in [0.2, 0.25) is 0 Å². The van der Waals surface area contributed by atoms with Crippen molar-refractivity contribution < 1.29 is 19.4 Å². The first kappa shape index (κ1) is 9.67. The van der Waals surface area contributed by atoms with Crippen molar-refractivity contribution in [3.63, 3.8) is 0 Å². The lowest BCUT2D eigenvalue weighted by Gasteiger charge is -2.05. The zero-order chi connectivity index (χ0) is 11.0. The molecule has 5 nitrogen and oxygen atoms in total. The van der Waals surface area contributed by atoms with E-state index in [2.05, 4.69) is 10.1 Å². The molecule has 1 aromatic carbocycles. The zero-order valence-electron chi connectivity index (χ0n) is 7.98. The molecule has 0 unspecified atom stereocenters. The highest BCUT2D eigenvalue weighted by Gasteiger charge is 2.31. The first-order valence-electron chi connectivity index (χ1n) is 4.35. The number of carbonyl (C=O) groups excluding carboxylic acids is 2. The summed E-state index contributed by atoms with van der Waals surface area (Å²) in [5.41, 5.74) is 0.990. The molecule has 0 radical (unpaired) electrons. The predicted molar refractivity (Wildman–Crippen MR) is 51.4 cm³/mol. The lowest BCUT2D eigenvalue weighted by molar-refractivity contribution is -0.123. The fourth-order valence-corrected chi connectivity index (χ4v) is 1.55. The Morgan fingerprint density at radius 2 is 2.27 bits per heavy atom. The molecule has 0 fully saturated rings. The summed E-state index contributed by atoms with van der Waals surface area (Å²) < 4.78 is 4.56. The lowest BCUT2D eigenvalue weighted by Crippen LogP contribution is -2.11. The van der Waals surface area contributed by atoms with E-state index >= 15 is 0 Å². The standard InChI is InChI=1S/C10H9NO4/c1-15-10(14)6-4-2-3-5-7(6)11-9(13)8(5)12/h2-4,8,12H,1H3,(H,11,13)/t8-/m0/s1. The summed E-state index contributed by atoms with van der Waals surface area (Å²) in [7, 11) is 1.26. The lowest BCUT2D eigenvalue weighted by atomic mass is 10.1. The van der Waals surface area contributed by atoms with Crippen molar-refractivity contribution in [2.45, 2.75) is 6.10 Å². The van der Waals surface area contributed by atoms with Gasteiger partial charge in [-0.1, -0.05) is 12.1 Å². The van der Waals surface area contributed by atoms with Gasteiger partial charge in [0, 0.05) is 5.56 Å². The Hall–Kier alpha value is -1.88. The summed E-state index contributed by atoms with van der Waals surface area (Å²) in [4.78, 5) is 22.5. The number of hydrogen-bond donors (Lipinski definition) is 2. The van der Waals surface area contributed by atoms with Crippen LogP contribution in [0.5, 0.6) is 0 Å². The highest BCUT2D eigenvalue weighted by molar-refractivity contribution is 6.08. The van der Waals surface area contributed by atoms with Gasteiger partial charge in [-0.3, -0.25) is 4.79 Å². The first-order valence-corrected chi connectivity index (χ1v) is 4.35. The Morgan fingerprint density at radius 3 is 2.93 bits per heavy atom. The molecule has 0 aliphatic carbocycles. The quantitative estimate of drug-likeness (QED) is 0.656. The van der Waals surface area contributed by atoms with E-state index in [0.29, 0.717) is 11.3 Å². The fraction of sp³-hybridized carbons (Fsp3) is 0.200. The number of ether oxygens (including phenoxy) is 1. The molecule has 1 amide bonds. The minimum atomic E-state index is -1.20. The van der Waals surface area contributed by atoms with Gasteiger partial charge in [0.15, 0.2) is 6.10 Å². The van der Waals surface area contributed by atoms with Crippen LogP contribution in [-0.2, 0) is 9.53 Å². The molecule has 0 saturated carbocycles. The number of fused-ring (bicyclic) bond motifs is 1.